The summed E-state index contributed by atoms with van der Waals surface area (Å²) in [6.45, 7) is 4.67. The quantitative estimate of drug-likeness (QED) is 0.736. The second-order valence-electron chi connectivity index (χ2n) is 5.53. The van der Waals surface area contributed by atoms with Crippen LogP contribution in [-0.4, -0.2) is 27.2 Å². The standard InChI is InChI=1S/C18H20N4O/c1-3-4-11-19-18(23)15-12-20-22(13(15)2)17-10-9-14-7-5-6-8-16(14)21-17/h5-10,12H,3-4,11H2,1-2H3,(H,19,23). The first kappa shape index (κ1) is 15.2. The molecule has 0 saturated carbocycles. The lowest BCUT2D eigenvalue weighted by molar-refractivity contribution is 0.0952. The highest BCUT2D eigenvalue weighted by atomic mass is 16.1. The summed E-state index contributed by atoms with van der Waals surface area (Å²) in [5.41, 5.74) is 2.30. The van der Waals surface area contributed by atoms with Gasteiger partial charge in [0.2, 0.25) is 0 Å². The Labute approximate surface area is 135 Å². The number of carbonyl (C=O) groups excluding carboxylic acids is 1. The average molecular weight is 308 g/mol. The molecule has 5 heteroatoms. The average Bonchev–Trinajstić information content (AvgIpc) is 2.96. The van der Waals surface area contributed by atoms with Crippen LogP contribution in [0, 0.1) is 6.92 Å². The number of hydrogen-bond donors (Lipinski definition) is 1. The first-order valence-electron chi connectivity index (χ1n) is 7.89. The highest BCUT2D eigenvalue weighted by Gasteiger charge is 2.15. The topological polar surface area (TPSA) is 59.8 Å². The van der Waals surface area contributed by atoms with E-state index in [-0.39, 0.29) is 5.91 Å². The summed E-state index contributed by atoms with van der Waals surface area (Å²) >= 11 is 0. The Bertz CT molecular complexity index is 838. The number of rotatable bonds is 5. The second kappa shape index (κ2) is 6.60. The van der Waals surface area contributed by atoms with Crippen LogP contribution in [0.1, 0.15) is 35.8 Å². The predicted molar refractivity (Wildman–Crippen MR) is 90.8 cm³/mol. The summed E-state index contributed by atoms with van der Waals surface area (Å²) < 4.78 is 1.71. The third-order valence-corrected chi connectivity index (χ3v) is 3.87. The minimum absolute atomic E-state index is 0.0806. The van der Waals surface area contributed by atoms with Crippen molar-refractivity contribution in [1.82, 2.24) is 20.1 Å². The van der Waals surface area contributed by atoms with Gasteiger partial charge in [-0.15, -0.1) is 0 Å². The molecule has 118 valence electrons. The molecule has 0 saturated heterocycles. The number of amides is 1. The Hall–Kier alpha value is -2.69. The van der Waals surface area contributed by atoms with Gasteiger partial charge < -0.3 is 5.32 Å². The molecule has 1 amide bonds. The fraction of sp³-hybridized carbons (Fsp3) is 0.278. The van der Waals surface area contributed by atoms with Gasteiger partial charge in [-0.25, -0.2) is 9.67 Å². The molecule has 0 fully saturated rings. The van der Waals surface area contributed by atoms with Gasteiger partial charge in [0.1, 0.15) is 0 Å². The Morgan fingerprint density at radius 3 is 2.87 bits per heavy atom. The van der Waals surface area contributed by atoms with Crippen molar-refractivity contribution in [2.24, 2.45) is 0 Å². The van der Waals surface area contributed by atoms with Crippen LogP contribution in [-0.2, 0) is 0 Å². The van der Waals surface area contributed by atoms with E-state index in [1.807, 2.05) is 43.3 Å². The molecule has 23 heavy (non-hydrogen) atoms. The number of pyridine rings is 1. The van der Waals surface area contributed by atoms with E-state index in [9.17, 15) is 4.79 Å². The summed E-state index contributed by atoms with van der Waals surface area (Å²) in [4.78, 5) is 16.8. The summed E-state index contributed by atoms with van der Waals surface area (Å²) in [5.74, 6) is 0.636. The van der Waals surface area contributed by atoms with Crippen LogP contribution in [0.5, 0.6) is 0 Å². The third kappa shape index (κ3) is 3.08. The third-order valence-electron chi connectivity index (χ3n) is 3.87. The molecule has 0 unspecified atom stereocenters. The normalized spacial score (nSPS) is 10.9. The molecule has 0 spiro atoms. The van der Waals surface area contributed by atoms with Gasteiger partial charge in [0.05, 0.1) is 23.0 Å². The van der Waals surface area contributed by atoms with E-state index < -0.39 is 0 Å². The number of hydrogen-bond acceptors (Lipinski definition) is 3. The Kier molecular flexibility index (Phi) is 4.37. The summed E-state index contributed by atoms with van der Waals surface area (Å²) in [7, 11) is 0. The highest BCUT2D eigenvalue weighted by molar-refractivity contribution is 5.95. The molecular formula is C18H20N4O. The number of fused-ring (bicyclic) bond motifs is 1. The van der Waals surface area contributed by atoms with Crippen molar-refractivity contribution in [3.63, 3.8) is 0 Å². The van der Waals surface area contributed by atoms with Crippen molar-refractivity contribution in [2.45, 2.75) is 26.7 Å². The fourth-order valence-corrected chi connectivity index (χ4v) is 2.51. The van der Waals surface area contributed by atoms with E-state index in [1.54, 1.807) is 10.9 Å². The molecule has 0 atom stereocenters. The number of nitrogens with one attached hydrogen (secondary N) is 1. The Morgan fingerprint density at radius 1 is 1.22 bits per heavy atom. The molecule has 5 nitrogen and oxygen atoms in total. The zero-order chi connectivity index (χ0) is 16.2. The SMILES string of the molecule is CCCCNC(=O)c1cnn(-c2ccc3ccccc3n2)c1C. The fourth-order valence-electron chi connectivity index (χ4n) is 2.51. The number of unbranched alkanes of at least 4 members (excludes halogenated alkanes) is 1. The van der Waals surface area contributed by atoms with Crippen molar-refractivity contribution >= 4 is 16.8 Å². The molecule has 1 N–H and O–H groups in total. The molecule has 3 rings (SSSR count). The van der Waals surface area contributed by atoms with Crippen molar-refractivity contribution in [3.05, 3.63) is 53.9 Å². The van der Waals surface area contributed by atoms with Crippen LogP contribution < -0.4 is 5.32 Å². The molecule has 3 aromatic rings. The van der Waals surface area contributed by atoms with Crippen molar-refractivity contribution < 1.29 is 4.79 Å². The number of carbonyl (C=O) groups is 1. The van der Waals surface area contributed by atoms with Gasteiger partial charge >= 0.3 is 0 Å². The smallest absolute Gasteiger partial charge is 0.254 e. The minimum Gasteiger partial charge on any atom is -0.352 e. The largest absolute Gasteiger partial charge is 0.352 e. The second-order valence-corrected chi connectivity index (χ2v) is 5.53. The van der Waals surface area contributed by atoms with Crippen LogP contribution in [0.15, 0.2) is 42.6 Å². The molecular weight excluding hydrogens is 288 g/mol. The summed E-state index contributed by atoms with van der Waals surface area (Å²) in [6.07, 6.45) is 3.64. The van der Waals surface area contributed by atoms with Crippen LogP contribution in [0.4, 0.5) is 0 Å². The monoisotopic (exact) mass is 308 g/mol. The first-order valence-corrected chi connectivity index (χ1v) is 7.89. The van der Waals surface area contributed by atoms with Crippen LogP contribution in [0.3, 0.4) is 0 Å². The molecule has 2 aromatic heterocycles. The van der Waals surface area contributed by atoms with E-state index in [2.05, 4.69) is 22.3 Å². The van der Waals surface area contributed by atoms with E-state index in [4.69, 9.17) is 0 Å². The van der Waals surface area contributed by atoms with Gasteiger partial charge in [-0.3, -0.25) is 4.79 Å². The zero-order valence-electron chi connectivity index (χ0n) is 13.4. The highest BCUT2D eigenvalue weighted by Crippen LogP contribution is 2.17. The van der Waals surface area contributed by atoms with E-state index >= 15 is 0 Å². The predicted octanol–water partition coefficient (Wildman–Crippen LogP) is 3.26. The minimum atomic E-state index is -0.0806. The molecule has 0 aliphatic carbocycles. The van der Waals surface area contributed by atoms with E-state index in [0.717, 1.165) is 29.4 Å². The van der Waals surface area contributed by atoms with Gasteiger partial charge in [0.25, 0.3) is 5.91 Å². The number of para-hydroxylation sites is 1. The molecule has 0 aliphatic heterocycles. The maximum absolute atomic E-state index is 12.2. The number of benzene rings is 1. The first-order chi connectivity index (χ1) is 11.2. The maximum atomic E-state index is 12.2. The van der Waals surface area contributed by atoms with Gasteiger partial charge in [0.15, 0.2) is 5.82 Å². The van der Waals surface area contributed by atoms with Crippen molar-refractivity contribution in [1.29, 1.82) is 0 Å². The lowest BCUT2D eigenvalue weighted by Crippen LogP contribution is -2.24. The number of aromatic nitrogens is 3. The lowest BCUT2D eigenvalue weighted by atomic mass is 10.2. The molecule has 0 radical (unpaired) electrons. The Morgan fingerprint density at radius 2 is 2.04 bits per heavy atom. The Balaban J connectivity index is 1.89. The lowest BCUT2D eigenvalue weighted by Gasteiger charge is -2.06. The van der Waals surface area contributed by atoms with Crippen LogP contribution in [0.25, 0.3) is 16.7 Å². The van der Waals surface area contributed by atoms with E-state index in [0.29, 0.717) is 17.9 Å². The molecule has 1 aromatic carbocycles. The van der Waals surface area contributed by atoms with Crippen molar-refractivity contribution in [2.75, 3.05) is 6.54 Å². The van der Waals surface area contributed by atoms with E-state index in [1.165, 1.54) is 0 Å². The molecule has 0 bridgehead atoms. The van der Waals surface area contributed by atoms with Crippen molar-refractivity contribution in [3.8, 4) is 5.82 Å². The summed E-state index contributed by atoms with van der Waals surface area (Å²) in [6, 6.07) is 11.9. The van der Waals surface area contributed by atoms with Gasteiger partial charge in [-0.2, -0.15) is 5.10 Å². The summed E-state index contributed by atoms with van der Waals surface area (Å²) in [5, 5.41) is 8.34. The van der Waals surface area contributed by atoms with Gasteiger partial charge in [-0.05, 0) is 31.5 Å². The van der Waals surface area contributed by atoms with Crippen LogP contribution >= 0.6 is 0 Å². The van der Waals surface area contributed by atoms with Gasteiger partial charge in [0, 0.05) is 11.9 Å². The molecule has 0 aliphatic rings. The maximum Gasteiger partial charge on any atom is 0.254 e. The molecule has 2 heterocycles. The zero-order valence-corrected chi connectivity index (χ0v) is 13.4. The van der Waals surface area contributed by atoms with Gasteiger partial charge in [-0.1, -0.05) is 31.5 Å². The number of nitrogens with zero attached hydrogens (tertiary/aromatic N) is 3. The van der Waals surface area contributed by atoms with Crippen LogP contribution in [0.2, 0.25) is 0 Å².